The van der Waals surface area contributed by atoms with Gasteiger partial charge in [0, 0.05) is 9.79 Å². The van der Waals surface area contributed by atoms with Crippen LogP contribution in [0.5, 0.6) is 0 Å². The van der Waals surface area contributed by atoms with Crippen molar-refractivity contribution in [1.29, 1.82) is 0 Å². The Balaban J connectivity index is 1.92. The predicted octanol–water partition coefficient (Wildman–Crippen LogP) is 3.91. The summed E-state index contributed by atoms with van der Waals surface area (Å²) in [5.74, 6) is -1.62. The molecule has 26 heavy (non-hydrogen) atoms. The van der Waals surface area contributed by atoms with Crippen LogP contribution >= 0.6 is 11.8 Å². The summed E-state index contributed by atoms with van der Waals surface area (Å²) in [7, 11) is 0. The van der Waals surface area contributed by atoms with Crippen molar-refractivity contribution in [3.63, 3.8) is 0 Å². The van der Waals surface area contributed by atoms with Crippen LogP contribution in [0.2, 0.25) is 0 Å². The van der Waals surface area contributed by atoms with Crippen molar-refractivity contribution in [3.05, 3.63) is 53.1 Å². The van der Waals surface area contributed by atoms with Gasteiger partial charge in [-0.2, -0.15) is 0 Å². The molecule has 7 heteroatoms. The van der Waals surface area contributed by atoms with Crippen LogP contribution in [0.4, 0.5) is 5.69 Å². The fourth-order valence-corrected chi connectivity index (χ4v) is 3.45. The molecule has 2 N–H and O–H groups in total. The number of anilines is 1. The molecule has 1 heterocycles. The summed E-state index contributed by atoms with van der Waals surface area (Å²) in [6.07, 6.45) is 0. The first-order valence-corrected chi connectivity index (χ1v) is 8.84. The lowest BCUT2D eigenvalue weighted by Crippen LogP contribution is -2.13. The zero-order chi connectivity index (χ0) is 18.8. The Kier molecular flexibility index (Phi) is 4.99. The van der Waals surface area contributed by atoms with Crippen molar-refractivity contribution < 1.29 is 24.2 Å². The fourth-order valence-electron chi connectivity index (χ4n) is 2.40. The maximum absolute atomic E-state index is 12.5. The molecule has 0 fully saturated rings. The van der Waals surface area contributed by atoms with Crippen LogP contribution < -0.4 is 5.32 Å². The van der Waals surface area contributed by atoms with Crippen molar-refractivity contribution in [1.82, 2.24) is 0 Å². The highest BCUT2D eigenvalue weighted by Crippen LogP contribution is 2.39. The Hall–Kier alpha value is -2.80. The second kappa shape index (κ2) is 7.21. The minimum absolute atomic E-state index is 0.112. The van der Waals surface area contributed by atoms with E-state index in [1.54, 1.807) is 18.2 Å². The van der Waals surface area contributed by atoms with Crippen LogP contribution in [0, 0.1) is 5.92 Å². The summed E-state index contributed by atoms with van der Waals surface area (Å²) in [5.41, 5.74) is 1.34. The lowest BCUT2D eigenvalue weighted by atomic mass is 10.1. The number of rotatable bonds is 4. The molecular formula is C19H17NO5S. The van der Waals surface area contributed by atoms with Gasteiger partial charge in [0.05, 0.1) is 29.0 Å². The first kappa shape index (κ1) is 18.0. The van der Waals surface area contributed by atoms with Gasteiger partial charge < -0.3 is 15.2 Å². The number of carboxylic acid groups (broad SMARTS) is 1. The van der Waals surface area contributed by atoms with E-state index >= 15 is 0 Å². The smallest absolute Gasteiger partial charge is 0.338 e. The number of nitrogens with one attached hydrogen (secondary N) is 1. The molecule has 6 nitrogen and oxygen atoms in total. The van der Waals surface area contributed by atoms with E-state index in [1.807, 2.05) is 13.8 Å². The number of ether oxygens (including phenoxy) is 1. The van der Waals surface area contributed by atoms with Gasteiger partial charge in [0.1, 0.15) is 0 Å². The minimum atomic E-state index is -1.05. The van der Waals surface area contributed by atoms with Gasteiger partial charge in [0.25, 0.3) is 5.91 Å². The number of carboxylic acids is 1. The Morgan fingerprint density at radius 2 is 1.85 bits per heavy atom. The summed E-state index contributed by atoms with van der Waals surface area (Å²) >= 11 is 1.28. The predicted molar refractivity (Wildman–Crippen MR) is 97.0 cm³/mol. The van der Waals surface area contributed by atoms with Crippen molar-refractivity contribution in [2.24, 2.45) is 5.92 Å². The lowest BCUT2D eigenvalue weighted by Gasteiger charge is -2.10. The summed E-state index contributed by atoms with van der Waals surface area (Å²) in [6.45, 7) is 4.22. The highest BCUT2D eigenvalue weighted by atomic mass is 32.2. The van der Waals surface area contributed by atoms with Gasteiger partial charge in [-0.1, -0.05) is 25.6 Å². The number of fused-ring (bicyclic) bond motifs is 2. The standard InChI is InChI=1S/C19H17NO5S/c1-10(2)9-25-19(24)12-4-6-15-14(7-12)20-17(21)13-5-3-11(18(22)23)8-16(13)26-15/h3-8,10H,9H2,1-2H3,(H,20,21)(H,22,23). The zero-order valence-corrected chi connectivity index (χ0v) is 15.1. The quantitative estimate of drug-likeness (QED) is 0.792. The summed E-state index contributed by atoms with van der Waals surface area (Å²) in [4.78, 5) is 37.0. The van der Waals surface area contributed by atoms with Gasteiger partial charge in [-0.3, -0.25) is 4.79 Å². The Morgan fingerprint density at radius 3 is 2.54 bits per heavy atom. The third kappa shape index (κ3) is 3.72. The van der Waals surface area contributed by atoms with Crippen molar-refractivity contribution in [2.45, 2.75) is 23.6 Å². The van der Waals surface area contributed by atoms with Gasteiger partial charge in [-0.15, -0.1) is 0 Å². The highest BCUT2D eigenvalue weighted by Gasteiger charge is 2.22. The molecule has 134 valence electrons. The van der Waals surface area contributed by atoms with E-state index in [9.17, 15) is 14.4 Å². The summed E-state index contributed by atoms with van der Waals surface area (Å²) in [6, 6.07) is 9.28. The van der Waals surface area contributed by atoms with E-state index in [1.165, 1.54) is 30.0 Å². The van der Waals surface area contributed by atoms with Gasteiger partial charge >= 0.3 is 11.9 Å². The van der Waals surface area contributed by atoms with Crippen LogP contribution in [-0.2, 0) is 4.74 Å². The van der Waals surface area contributed by atoms with E-state index in [-0.39, 0.29) is 17.4 Å². The third-order valence-corrected chi connectivity index (χ3v) is 4.84. The molecule has 0 bridgehead atoms. The van der Waals surface area contributed by atoms with Crippen LogP contribution in [0.1, 0.15) is 44.9 Å². The molecule has 0 radical (unpaired) electrons. The van der Waals surface area contributed by atoms with E-state index < -0.39 is 11.9 Å². The van der Waals surface area contributed by atoms with Crippen LogP contribution in [-0.4, -0.2) is 29.6 Å². The number of carbonyl (C=O) groups is 3. The average Bonchev–Trinajstić information content (AvgIpc) is 2.74. The van der Waals surface area contributed by atoms with Gasteiger partial charge in [-0.05, 0) is 42.3 Å². The van der Waals surface area contributed by atoms with E-state index in [2.05, 4.69) is 5.32 Å². The molecule has 0 aliphatic carbocycles. The first-order chi connectivity index (χ1) is 12.3. The minimum Gasteiger partial charge on any atom is -0.478 e. The second-order valence-corrected chi connectivity index (χ2v) is 7.36. The van der Waals surface area contributed by atoms with Crippen molar-refractivity contribution >= 4 is 35.3 Å². The zero-order valence-electron chi connectivity index (χ0n) is 14.2. The molecule has 1 aliphatic rings. The number of hydrogen-bond donors (Lipinski definition) is 2. The molecule has 0 saturated heterocycles. The van der Waals surface area contributed by atoms with Crippen LogP contribution in [0.25, 0.3) is 0 Å². The molecule has 0 unspecified atom stereocenters. The molecule has 1 aliphatic heterocycles. The topological polar surface area (TPSA) is 92.7 Å². The molecule has 0 saturated carbocycles. The Labute approximate surface area is 154 Å². The largest absolute Gasteiger partial charge is 0.478 e. The lowest BCUT2D eigenvalue weighted by molar-refractivity contribution is 0.0458. The Morgan fingerprint density at radius 1 is 1.12 bits per heavy atom. The van der Waals surface area contributed by atoms with Gasteiger partial charge in [0.2, 0.25) is 0 Å². The second-order valence-electron chi connectivity index (χ2n) is 6.28. The summed E-state index contributed by atoms with van der Waals surface area (Å²) in [5, 5.41) is 11.9. The van der Waals surface area contributed by atoms with E-state index in [0.717, 1.165) is 4.90 Å². The van der Waals surface area contributed by atoms with Crippen LogP contribution in [0.3, 0.4) is 0 Å². The summed E-state index contributed by atoms with van der Waals surface area (Å²) < 4.78 is 5.22. The molecule has 1 amide bonds. The molecule has 2 aromatic rings. The average molecular weight is 371 g/mol. The molecule has 0 atom stereocenters. The maximum atomic E-state index is 12.5. The molecular weight excluding hydrogens is 354 g/mol. The Bertz CT molecular complexity index is 907. The number of carbonyl (C=O) groups excluding carboxylic acids is 2. The highest BCUT2D eigenvalue weighted by molar-refractivity contribution is 7.99. The number of amides is 1. The SMILES string of the molecule is CC(C)COC(=O)c1ccc2c(c1)NC(=O)c1ccc(C(=O)O)cc1S2. The monoisotopic (exact) mass is 371 g/mol. The first-order valence-electron chi connectivity index (χ1n) is 8.03. The number of esters is 1. The normalized spacial score (nSPS) is 12.7. The van der Waals surface area contributed by atoms with Crippen LogP contribution in [0.15, 0.2) is 46.2 Å². The fraction of sp³-hybridized carbons (Fsp3) is 0.211. The maximum Gasteiger partial charge on any atom is 0.338 e. The molecule has 3 rings (SSSR count). The van der Waals surface area contributed by atoms with E-state index in [0.29, 0.717) is 28.3 Å². The number of hydrogen-bond acceptors (Lipinski definition) is 5. The molecule has 2 aromatic carbocycles. The van der Waals surface area contributed by atoms with Gasteiger partial charge in [0.15, 0.2) is 0 Å². The third-order valence-electron chi connectivity index (χ3n) is 3.70. The number of benzene rings is 2. The van der Waals surface area contributed by atoms with Crippen molar-refractivity contribution in [3.8, 4) is 0 Å². The molecule has 0 spiro atoms. The van der Waals surface area contributed by atoms with E-state index in [4.69, 9.17) is 9.84 Å². The number of aromatic carboxylic acids is 1. The van der Waals surface area contributed by atoms with Crippen molar-refractivity contribution in [2.75, 3.05) is 11.9 Å². The molecule has 0 aromatic heterocycles. The van der Waals surface area contributed by atoms with Gasteiger partial charge in [-0.25, -0.2) is 9.59 Å².